The zero-order chi connectivity index (χ0) is 28.6. The zero-order valence-corrected chi connectivity index (χ0v) is 24.3. The van der Waals surface area contributed by atoms with Gasteiger partial charge in [-0.25, -0.2) is 9.59 Å². The second-order valence-corrected chi connectivity index (χ2v) is 10.5. The van der Waals surface area contributed by atoms with Crippen molar-refractivity contribution in [1.82, 2.24) is 0 Å². The smallest absolute Gasteiger partial charge is 0.343 e. The first kappa shape index (κ1) is 30.9. The first-order chi connectivity index (χ1) is 19.5. The van der Waals surface area contributed by atoms with E-state index in [1.54, 1.807) is 36.4 Å². The maximum absolute atomic E-state index is 12.6. The number of carbonyl (C=O) groups excluding carboxylic acids is 2. The Kier molecular flexibility index (Phi) is 13.3. The maximum Gasteiger partial charge on any atom is 0.343 e. The van der Waals surface area contributed by atoms with Gasteiger partial charge in [0, 0.05) is 0 Å². The van der Waals surface area contributed by atoms with Crippen LogP contribution in [0.15, 0.2) is 72.8 Å². The number of hydrogen-bond donors (Lipinski definition) is 0. The highest BCUT2D eigenvalue weighted by atomic mass is 16.5. The number of carbonyl (C=O) groups is 2. The van der Waals surface area contributed by atoms with E-state index in [1.165, 1.54) is 44.9 Å². The molecule has 0 amide bonds. The van der Waals surface area contributed by atoms with Crippen LogP contribution in [0.25, 0.3) is 11.1 Å². The SMILES string of the molecule is CCCCCCCCCCOc1ccc(-c2ccc(OC(=O)c3ccc(C(=O)OC[C@@H](C)CC)cc3)cc2)cc1. The normalized spacial score (nSPS) is 11.6. The van der Waals surface area contributed by atoms with Gasteiger partial charge in [-0.15, -0.1) is 0 Å². The van der Waals surface area contributed by atoms with E-state index in [-0.39, 0.29) is 5.97 Å². The molecule has 1 atom stereocenters. The predicted octanol–water partition coefficient (Wildman–Crippen LogP) is 9.30. The summed E-state index contributed by atoms with van der Waals surface area (Å²) in [6, 6.07) is 21.8. The summed E-state index contributed by atoms with van der Waals surface area (Å²) in [7, 11) is 0. The highest BCUT2D eigenvalue weighted by Crippen LogP contribution is 2.25. The van der Waals surface area contributed by atoms with Crippen molar-refractivity contribution in [3.05, 3.63) is 83.9 Å². The largest absolute Gasteiger partial charge is 0.494 e. The van der Waals surface area contributed by atoms with Gasteiger partial charge < -0.3 is 14.2 Å². The Morgan fingerprint density at radius 3 is 1.68 bits per heavy atom. The fraction of sp³-hybridized carbons (Fsp3) is 0.429. The van der Waals surface area contributed by atoms with Gasteiger partial charge in [0.25, 0.3) is 0 Å². The molecule has 0 unspecified atom stereocenters. The highest BCUT2D eigenvalue weighted by molar-refractivity contribution is 5.94. The van der Waals surface area contributed by atoms with E-state index < -0.39 is 5.97 Å². The molecule has 5 nitrogen and oxygen atoms in total. The third-order valence-electron chi connectivity index (χ3n) is 7.07. The monoisotopic (exact) mass is 544 g/mol. The second kappa shape index (κ2) is 17.2. The summed E-state index contributed by atoms with van der Waals surface area (Å²) in [5.41, 5.74) is 2.86. The third kappa shape index (κ3) is 10.5. The Hall–Kier alpha value is -3.60. The summed E-state index contributed by atoms with van der Waals surface area (Å²) in [5.74, 6) is 0.777. The number of esters is 2. The average molecular weight is 545 g/mol. The molecule has 0 aliphatic carbocycles. The van der Waals surface area contributed by atoms with Gasteiger partial charge in [0.15, 0.2) is 0 Å². The van der Waals surface area contributed by atoms with Gasteiger partial charge in [0.1, 0.15) is 11.5 Å². The average Bonchev–Trinajstić information content (AvgIpc) is 2.99. The third-order valence-corrected chi connectivity index (χ3v) is 7.07. The zero-order valence-electron chi connectivity index (χ0n) is 24.3. The number of hydrogen-bond acceptors (Lipinski definition) is 5. The summed E-state index contributed by atoms with van der Waals surface area (Å²) in [6.45, 7) is 7.47. The van der Waals surface area contributed by atoms with Gasteiger partial charge in [0.05, 0.1) is 24.3 Å². The Bertz CT molecular complexity index is 1150. The topological polar surface area (TPSA) is 61.8 Å². The Morgan fingerprint density at radius 2 is 1.12 bits per heavy atom. The van der Waals surface area contributed by atoms with Crippen LogP contribution in [0.1, 0.15) is 99.3 Å². The molecule has 0 spiro atoms. The van der Waals surface area contributed by atoms with Crippen molar-refractivity contribution in [3.63, 3.8) is 0 Å². The fourth-order valence-corrected chi connectivity index (χ4v) is 4.21. The van der Waals surface area contributed by atoms with Crippen LogP contribution in [0.4, 0.5) is 0 Å². The van der Waals surface area contributed by atoms with E-state index >= 15 is 0 Å². The van der Waals surface area contributed by atoms with Crippen molar-refractivity contribution < 1.29 is 23.8 Å². The lowest BCUT2D eigenvalue weighted by Crippen LogP contribution is -2.12. The summed E-state index contributed by atoms with van der Waals surface area (Å²) in [4.78, 5) is 24.8. The summed E-state index contributed by atoms with van der Waals surface area (Å²) < 4.78 is 16.7. The molecule has 0 fully saturated rings. The molecule has 5 heteroatoms. The number of unbranched alkanes of at least 4 members (excludes halogenated alkanes) is 7. The lowest BCUT2D eigenvalue weighted by Gasteiger charge is -2.10. The highest BCUT2D eigenvalue weighted by Gasteiger charge is 2.13. The molecule has 40 heavy (non-hydrogen) atoms. The van der Waals surface area contributed by atoms with Crippen LogP contribution in [0, 0.1) is 5.92 Å². The van der Waals surface area contributed by atoms with Gasteiger partial charge in [-0.05, 0) is 72.0 Å². The maximum atomic E-state index is 12.6. The number of rotatable bonds is 17. The fourth-order valence-electron chi connectivity index (χ4n) is 4.21. The van der Waals surface area contributed by atoms with Gasteiger partial charge >= 0.3 is 11.9 Å². The van der Waals surface area contributed by atoms with E-state index in [1.807, 2.05) is 43.3 Å². The second-order valence-electron chi connectivity index (χ2n) is 10.5. The molecular weight excluding hydrogens is 500 g/mol. The van der Waals surface area contributed by atoms with Crippen molar-refractivity contribution in [1.29, 1.82) is 0 Å². The molecule has 0 heterocycles. The molecule has 0 saturated heterocycles. The lowest BCUT2D eigenvalue weighted by atomic mass is 10.1. The molecule has 0 aromatic heterocycles. The quantitative estimate of drug-likeness (QED) is 0.0962. The van der Waals surface area contributed by atoms with Crippen LogP contribution in [0.3, 0.4) is 0 Å². The van der Waals surface area contributed by atoms with Crippen molar-refractivity contribution in [2.75, 3.05) is 13.2 Å². The van der Waals surface area contributed by atoms with Crippen molar-refractivity contribution >= 4 is 11.9 Å². The van der Waals surface area contributed by atoms with Crippen LogP contribution in [0.2, 0.25) is 0 Å². The molecular formula is C35H44O5. The molecule has 0 aliphatic rings. The molecule has 3 aromatic rings. The number of benzene rings is 3. The first-order valence-electron chi connectivity index (χ1n) is 14.8. The van der Waals surface area contributed by atoms with E-state index in [9.17, 15) is 9.59 Å². The first-order valence-corrected chi connectivity index (χ1v) is 14.8. The molecule has 0 N–H and O–H groups in total. The van der Waals surface area contributed by atoms with E-state index in [0.29, 0.717) is 29.4 Å². The Morgan fingerprint density at radius 1 is 0.625 bits per heavy atom. The minimum atomic E-state index is -0.481. The van der Waals surface area contributed by atoms with Crippen molar-refractivity contribution in [2.45, 2.75) is 78.6 Å². The van der Waals surface area contributed by atoms with E-state index in [4.69, 9.17) is 14.2 Å². The van der Waals surface area contributed by atoms with Crippen LogP contribution in [-0.2, 0) is 4.74 Å². The molecule has 0 bridgehead atoms. The Labute approximate surface area is 239 Å². The minimum absolute atomic E-state index is 0.312. The standard InChI is InChI=1S/C35H44O5/c1-4-6-7-8-9-10-11-12-25-38-32-21-17-28(18-22-32)29-19-23-33(24-20-29)40-35(37)31-15-13-30(14-16-31)34(36)39-26-27(3)5-2/h13-24,27H,4-12,25-26H2,1-3H3/t27-/m0/s1. The Balaban J connectivity index is 1.42. The number of ether oxygens (including phenoxy) is 3. The molecule has 0 radical (unpaired) electrons. The van der Waals surface area contributed by atoms with Gasteiger partial charge in [-0.3, -0.25) is 0 Å². The molecule has 3 rings (SSSR count). The summed E-state index contributed by atoms with van der Waals surface area (Å²) in [6.07, 6.45) is 11.2. The van der Waals surface area contributed by atoms with Crippen LogP contribution < -0.4 is 9.47 Å². The van der Waals surface area contributed by atoms with Crippen LogP contribution in [0.5, 0.6) is 11.5 Å². The van der Waals surface area contributed by atoms with E-state index in [2.05, 4.69) is 13.8 Å². The van der Waals surface area contributed by atoms with Crippen molar-refractivity contribution in [2.24, 2.45) is 5.92 Å². The summed E-state index contributed by atoms with van der Waals surface area (Å²) in [5, 5.41) is 0. The van der Waals surface area contributed by atoms with Gasteiger partial charge in [-0.1, -0.05) is 96.4 Å². The van der Waals surface area contributed by atoms with Gasteiger partial charge in [0.2, 0.25) is 0 Å². The molecule has 214 valence electrons. The minimum Gasteiger partial charge on any atom is -0.494 e. The predicted molar refractivity (Wildman–Crippen MR) is 161 cm³/mol. The van der Waals surface area contributed by atoms with Crippen molar-refractivity contribution in [3.8, 4) is 22.6 Å². The van der Waals surface area contributed by atoms with Crippen LogP contribution >= 0.6 is 0 Å². The lowest BCUT2D eigenvalue weighted by molar-refractivity contribution is 0.0446. The summed E-state index contributed by atoms with van der Waals surface area (Å²) >= 11 is 0. The van der Waals surface area contributed by atoms with Crippen LogP contribution in [-0.4, -0.2) is 25.2 Å². The molecule has 0 aliphatic heterocycles. The molecule has 3 aromatic carbocycles. The van der Waals surface area contributed by atoms with E-state index in [0.717, 1.165) is 36.3 Å². The molecule has 0 saturated carbocycles. The van der Waals surface area contributed by atoms with Gasteiger partial charge in [-0.2, -0.15) is 0 Å².